The van der Waals surface area contributed by atoms with E-state index in [1.54, 1.807) is 0 Å². The van der Waals surface area contributed by atoms with Gasteiger partial charge in [-0.2, -0.15) is 0 Å². The van der Waals surface area contributed by atoms with Crippen LogP contribution in [0.5, 0.6) is 5.75 Å². The summed E-state index contributed by atoms with van der Waals surface area (Å²) >= 11 is 0. The number of fused-ring (bicyclic) bond motifs is 1. The molecule has 26 heavy (non-hydrogen) atoms. The molecule has 0 spiro atoms. The molecule has 1 atom stereocenters. The number of nitrogens with two attached hydrogens (primary N) is 1. The molecule has 144 valence electrons. The van der Waals surface area contributed by atoms with Crippen molar-refractivity contribution in [2.75, 3.05) is 11.9 Å². The lowest BCUT2D eigenvalue weighted by Crippen LogP contribution is -2.25. The van der Waals surface area contributed by atoms with Gasteiger partial charge in [0, 0.05) is 30.2 Å². The van der Waals surface area contributed by atoms with E-state index in [9.17, 15) is 9.59 Å². The monoisotopic (exact) mass is 364 g/mol. The molecule has 0 radical (unpaired) electrons. The van der Waals surface area contributed by atoms with E-state index >= 15 is 0 Å². The van der Waals surface area contributed by atoms with Gasteiger partial charge in [0.2, 0.25) is 0 Å². The van der Waals surface area contributed by atoms with Crippen molar-refractivity contribution in [2.24, 2.45) is 5.73 Å². The molecule has 0 saturated heterocycles. The summed E-state index contributed by atoms with van der Waals surface area (Å²) in [6.45, 7) is 7.21. The quantitative estimate of drug-likeness (QED) is 0.549. The van der Waals surface area contributed by atoms with Gasteiger partial charge in [-0.3, -0.25) is 0 Å². The van der Waals surface area contributed by atoms with Crippen LogP contribution >= 0.6 is 0 Å². The topological polar surface area (TPSA) is 122 Å². The third kappa shape index (κ3) is 7.57. The van der Waals surface area contributed by atoms with Crippen molar-refractivity contribution in [3.8, 4) is 5.75 Å². The van der Waals surface area contributed by atoms with Crippen LogP contribution in [0.1, 0.15) is 39.2 Å². The van der Waals surface area contributed by atoms with Gasteiger partial charge in [-0.15, -0.1) is 0 Å². The fraction of sp³-hybridized carbons (Fsp3) is 0.474. The number of ether oxygens (including phenoxy) is 1. The molecular formula is C19H28N2O5. The lowest BCUT2D eigenvalue weighted by atomic mass is 10.0. The number of carboxylic acid groups (broad SMARTS) is 2. The third-order valence-electron chi connectivity index (χ3n) is 3.70. The highest BCUT2D eigenvalue weighted by Gasteiger charge is 2.31. The van der Waals surface area contributed by atoms with E-state index in [0.717, 1.165) is 37.2 Å². The van der Waals surface area contributed by atoms with E-state index in [2.05, 4.69) is 44.3 Å². The molecule has 1 heterocycles. The number of nitrogens with one attached hydrogen (secondary N) is 1. The molecule has 1 unspecified atom stereocenters. The van der Waals surface area contributed by atoms with Gasteiger partial charge in [0.25, 0.3) is 0 Å². The van der Waals surface area contributed by atoms with Crippen LogP contribution in [0.2, 0.25) is 0 Å². The van der Waals surface area contributed by atoms with Gasteiger partial charge < -0.3 is 26.0 Å². The van der Waals surface area contributed by atoms with Gasteiger partial charge in [0.15, 0.2) is 0 Å². The van der Waals surface area contributed by atoms with Crippen molar-refractivity contribution < 1.29 is 24.5 Å². The minimum Gasteiger partial charge on any atom is -0.485 e. The number of para-hydroxylation sites is 1. The molecule has 0 amide bonds. The smallest absolute Gasteiger partial charge is 0.328 e. The Balaban J connectivity index is 0.000000359. The average molecular weight is 364 g/mol. The van der Waals surface area contributed by atoms with Crippen LogP contribution in [0.15, 0.2) is 30.4 Å². The Kier molecular flexibility index (Phi) is 8.12. The number of carbonyl (C=O) groups is 2. The van der Waals surface area contributed by atoms with Gasteiger partial charge in [0.05, 0.1) is 5.69 Å². The van der Waals surface area contributed by atoms with E-state index in [-0.39, 0.29) is 5.60 Å². The molecule has 0 aliphatic carbocycles. The number of benzene rings is 1. The predicted octanol–water partition coefficient (Wildman–Crippen LogP) is 2.65. The van der Waals surface area contributed by atoms with Crippen LogP contribution in [0, 0.1) is 0 Å². The molecule has 1 aromatic rings. The number of hydrogen-bond donors (Lipinski definition) is 4. The Labute approximate surface area is 153 Å². The first-order valence-corrected chi connectivity index (χ1v) is 8.56. The maximum atomic E-state index is 9.55. The summed E-state index contributed by atoms with van der Waals surface area (Å²) in [7, 11) is 0. The second-order valence-electron chi connectivity index (χ2n) is 6.82. The second kappa shape index (κ2) is 9.82. The highest BCUT2D eigenvalue weighted by molar-refractivity contribution is 5.89. The van der Waals surface area contributed by atoms with E-state index in [1.165, 1.54) is 5.56 Å². The van der Waals surface area contributed by atoms with Crippen LogP contribution in [0.25, 0.3) is 0 Å². The first-order chi connectivity index (χ1) is 12.1. The van der Waals surface area contributed by atoms with Gasteiger partial charge in [0.1, 0.15) is 11.4 Å². The molecule has 2 rings (SSSR count). The van der Waals surface area contributed by atoms with E-state index in [4.69, 9.17) is 20.7 Å². The summed E-state index contributed by atoms with van der Waals surface area (Å²) in [5.41, 5.74) is 7.88. The Hall–Kier alpha value is -2.54. The average Bonchev–Trinajstić information content (AvgIpc) is 2.86. The van der Waals surface area contributed by atoms with Crippen molar-refractivity contribution in [3.05, 3.63) is 35.9 Å². The largest absolute Gasteiger partial charge is 0.485 e. The Bertz CT molecular complexity index is 639. The fourth-order valence-corrected chi connectivity index (χ4v) is 2.63. The molecule has 0 bridgehead atoms. The molecule has 7 heteroatoms. The van der Waals surface area contributed by atoms with Crippen LogP contribution in [0.4, 0.5) is 5.69 Å². The van der Waals surface area contributed by atoms with Crippen molar-refractivity contribution >= 4 is 17.6 Å². The summed E-state index contributed by atoms with van der Waals surface area (Å²) in [6, 6.07) is 6.77. The normalized spacial score (nSPS) is 15.4. The zero-order valence-electron chi connectivity index (χ0n) is 15.5. The van der Waals surface area contributed by atoms with Crippen LogP contribution < -0.4 is 15.8 Å². The summed E-state index contributed by atoms with van der Waals surface area (Å²) in [5.74, 6) is -1.48. The number of aliphatic carboxylic acids is 2. The minimum atomic E-state index is -1.26. The molecule has 1 aliphatic rings. The predicted molar refractivity (Wildman–Crippen MR) is 101 cm³/mol. The molecule has 5 N–H and O–H groups in total. The Morgan fingerprint density at radius 1 is 1.31 bits per heavy atom. The van der Waals surface area contributed by atoms with Gasteiger partial charge in [-0.1, -0.05) is 12.1 Å². The number of anilines is 1. The van der Waals surface area contributed by atoms with Gasteiger partial charge in [-0.25, -0.2) is 9.59 Å². The van der Waals surface area contributed by atoms with Crippen LogP contribution in [-0.2, 0) is 16.0 Å². The zero-order chi connectivity index (χ0) is 19.7. The van der Waals surface area contributed by atoms with Gasteiger partial charge in [-0.05, 0) is 46.2 Å². The molecule has 0 aromatic heterocycles. The lowest BCUT2D eigenvalue weighted by Gasteiger charge is -2.20. The fourth-order valence-electron chi connectivity index (χ4n) is 2.63. The summed E-state index contributed by atoms with van der Waals surface area (Å²) in [4.78, 5) is 19.1. The second-order valence-corrected chi connectivity index (χ2v) is 6.82. The van der Waals surface area contributed by atoms with E-state index in [1.807, 2.05) is 0 Å². The Morgan fingerprint density at radius 3 is 2.46 bits per heavy atom. The molecule has 0 saturated carbocycles. The number of carboxylic acids is 2. The summed E-state index contributed by atoms with van der Waals surface area (Å²) < 4.78 is 6.04. The maximum Gasteiger partial charge on any atom is 0.328 e. The molecule has 1 aromatic carbocycles. The summed E-state index contributed by atoms with van der Waals surface area (Å²) in [6.07, 6.45) is 4.23. The van der Waals surface area contributed by atoms with Crippen molar-refractivity contribution in [1.82, 2.24) is 0 Å². The van der Waals surface area contributed by atoms with Crippen molar-refractivity contribution in [2.45, 2.75) is 51.7 Å². The van der Waals surface area contributed by atoms with Crippen molar-refractivity contribution in [3.63, 3.8) is 0 Å². The third-order valence-corrected chi connectivity index (χ3v) is 3.70. The lowest BCUT2D eigenvalue weighted by molar-refractivity contribution is -0.134. The van der Waals surface area contributed by atoms with Crippen LogP contribution in [0.3, 0.4) is 0 Å². The number of rotatable bonds is 7. The highest BCUT2D eigenvalue weighted by atomic mass is 16.5. The van der Waals surface area contributed by atoms with E-state index in [0.29, 0.717) is 18.2 Å². The van der Waals surface area contributed by atoms with E-state index < -0.39 is 11.9 Å². The minimum absolute atomic E-state index is 0.0827. The summed E-state index contributed by atoms with van der Waals surface area (Å²) in [5, 5.41) is 19.2. The highest BCUT2D eigenvalue weighted by Crippen LogP contribution is 2.40. The van der Waals surface area contributed by atoms with Crippen molar-refractivity contribution in [1.29, 1.82) is 0 Å². The standard InChI is InChI=1S/C15H24N2O.C4H4O4/c1-11(6-5-9-16)17-13-8-4-7-12-10-15(2,3)18-14(12)13;5-3(6)1-2-4(7)8/h4,7-8,11,17H,5-6,9-10,16H2,1-3H3;1-2H,(H,5,6)(H,7,8)/b;2-1+. The SMILES string of the molecule is CC(CCCN)Nc1cccc2c1OC(C)(C)C2.O=C(O)/C=C/C(=O)O. The molecule has 7 nitrogen and oxygen atoms in total. The Morgan fingerprint density at radius 2 is 1.92 bits per heavy atom. The van der Waals surface area contributed by atoms with Crippen LogP contribution in [-0.4, -0.2) is 40.3 Å². The zero-order valence-corrected chi connectivity index (χ0v) is 15.5. The molecule has 0 fully saturated rings. The number of hydrogen-bond acceptors (Lipinski definition) is 5. The van der Waals surface area contributed by atoms with Gasteiger partial charge >= 0.3 is 11.9 Å². The first kappa shape index (κ1) is 21.5. The molecule has 1 aliphatic heterocycles. The first-order valence-electron chi connectivity index (χ1n) is 8.56. The molecular weight excluding hydrogens is 336 g/mol. The maximum absolute atomic E-state index is 9.55.